The van der Waals surface area contributed by atoms with E-state index in [9.17, 15) is 27.6 Å². The van der Waals surface area contributed by atoms with Crippen LogP contribution in [0.5, 0.6) is 5.75 Å². The van der Waals surface area contributed by atoms with Gasteiger partial charge in [-0.05, 0) is 42.5 Å². The van der Waals surface area contributed by atoms with E-state index in [0.717, 1.165) is 12.1 Å². The summed E-state index contributed by atoms with van der Waals surface area (Å²) >= 11 is 6.08. The minimum Gasteiger partial charge on any atom is -0.406 e. The number of H-pyrrole nitrogens is 1. The van der Waals surface area contributed by atoms with Crippen molar-refractivity contribution >= 4 is 23.3 Å². The Kier molecular flexibility index (Phi) is 6.40. The Labute approximate surface area is 200 Å². The molecule has 2 heterocycles. The molecule has 0 aliphatic carbocycles. The molecule has 0 aliphatic rings. The number of aromatic nitrogens is 3. The van der Waals surface area contributed by atoms with Crippen LogP contribution < -0.4 is 10.1 Å². The number of pyridine rings is 1. The molecule has 0 aliphatic heterocycles. The largest absolute Gasteiger partial charge is 0.573 e. The zero-order valence-electron chi connectivity index (χ0n) is 17.3. The molecule has 0 fully saturated rings. The van der Waals surface area contributed by atoms with Crippen LogP contribution in [-0.2, 0) is 0 Å². The van der Waals surface area contributed by atoms with Gasteiger partial charge < -0.3 is 15.0 Å². The highest BCUT2D eigenvalue weighted by Crippen LogP contribution is 2.32. The van der Waals surface area contributed by atoms with Gasteiger partial charge in [-0.1, -0.05) is 23.7 Å². The first-order chi connectivity index (χ1) is 16.6. The van der Waals surface area contributed by atoms with Gasteiger partial charge in [0.1, 0.15) is 29.3 Å². The Bertz CT molecular complexity index is 1430. The highest BCUT2D eigenvalue weighted by Gasteiger charge is 2.31. The maximum absolute atomic E-state index is 14.3. The lowest BCUT2D eigenvalue weighted by molar-refractivity contribution is -0.274. The first kappa shape index (κ1) is 23.7. The second kappa shape index (κ2) is 9.44. The van der Waals surface area contributed by atoms with Crippen LogP contribution in [0, 0.1) is 17.1 Å². The van der Waals surface area contributed by atoms with Crippen LogP contribution in [-0.4, -0.2) is 27.2 Å². The Hall–Kier alpha value is -4.43. The number of nitrogens with zero attached hydrogens (tertiary/aromatic N) is 3. The summed E-state index contributed by atoms with van der Waals surface area (Å²) in [5.74, 6) is -1.73. The molecule has 0 unspecified atom stereocenters. The van der Waals surface area contributed by atoms with Gasteiger partial charge in [-0.3, -0.25) is 4.79 Å². The van der Waals surface area contributed by atoms with Crippen molar-refractivity contribution in [1.29, 1.82) is 5.26 Å². The average Bonchev–Trinajstić information content (AvgIpc) is 3.22. The van der Waals surface area contributed by atoms with Gasteiger partial charge in [0, 0.05) is 17.3 Å². The van der Waals surface area contributed by atoms with Gasteiger partial charge >= 0.3 is 6.36 Å². The summed E-state index contributed by atoms with van der Waals surface area (Å²) in [5, 5.41) is 12.0. The number of carbonyl (C=O) groups is 1. The molecule has 2 aromatic heterocycles. The van der Waals surface area contributed by atoms with Gasteiger partial charge in [-0.2, -0.15) is 5.26 Å². The van der Waals surface area contributed by atoms with Crippen LogP contribution in [0.25, 0.3) is 22.6 Å². The monoisotopic (exact) mass is 501 g/mol. The molecule has 0 bridgehead atoms. The molecular formula is C23H12ClF4N5O2. The van der Waals surface area contributed by atoms with Crippen LogP contribution >= 0.6 is 11.6 Å². The van der Waals surface area contributed by atoms with Gasteiger partial charge in [-0.25, -0.2) is 14.4 Å². The number of ether oxygens (including phenoxy) is 1. The number of amides is 1. The minimum absolute atomic E-state index is 0.00509. The summed E-state index contributed by atoms with van der Waals surface area (Å²) in [6, 6.07) is 13.5. The van der Waals surface area contributed by atoms with Gasteiger partial charge in [0.2, 0.25) is 0 Å². The van der Waals surface area contributed by atoms with Crippen molar-refractivity contribution in [2.24, 2.45) is 0 Å². The number of hydrogen-bond acceptors (Lipinski definition) is 5. The van der Waals surface area contributed by atoms with Gasteiger partial charge in [-0.15, -0.1) is 13.2 Å². The summed E-state index contributed by atoms with van der Waals surface area (Å²) in [4.78, 5) is 23.5. The standard InChI is InChI=1S/C23H12ClF4N5O2/c24-15-5-2-6-16(25)19(15)21-31-17(10-29)20(33-21)13-7-8-18(30-11-13)32-22(34)12-3-1-4-14(9-12)35-23(26,27)28/h1-9,11H,(H,31,33)(H,30,32,34). The molecule has 176 valence electrons. The van der Waals surface area contributed by atoms with E-state index in [1.165, 1.54) is 48.7 Å². The number of alkyl halides is 3. The van der Waals surface area contributed by atoms with E-state index in [4.69, 9.17) is 11.6 Å². The number of nitriles is 1. The molecule has 0 saturated carbocycles. The Morgan fingerprint density at radius 3 is 2.57 bits per heavy atom. The molecule has 12 heteroatoms. The summed E-state index contributed by atoms with van der Waals surface area (Å²) in [6.07, 6.45) is -3.56. The fraction of sp³-hybridized carbons (Fsp3) is 0.0435. The molecule has 7 nitrogen and oxygen atoms in total. The highest BCUT2D eigenvalue weighted by atomic mass is 35.5. The summed E-state index contributed by atoms with van der Waals surface area (Å²) in [7, 11) is 0. The summed E-state index contributed by atoms with van der Waals surface area (Å²) in [5.41, 5.74) is 0.560. The first-order valence-electron chi connectivity index (χ1n) is 9.72. The molecule has 2 aromatic carbocycles. The second-order valence-corrected chi connectivity index (χ2v) is 7.39. The third kappa shape index (κ3) is 5.39. The lowest BCUT2D eigenvalue weighted by Gasteiger charge is -2.10. The maximum atomic E-state index is 14.3. The lowest BCUT2D eigenvalue weighted by atomic mass is 10.1. The van der Waals surface area contributed by atoms with E-state index in [1.54, 1.807) is 0 Å². The van der Waals surface area contributed by atoms with E-state index in [-0.39, 0.29) is 39.2 Å². The van der Waals surface area contributed by atoms with E-state index >= 15 is 0 Å². The van der Waals surface area contributed by atoms with Crippen molar-refractivity contribution < 1.29 is 27.1 Å². The second-order valence-electron chi connectivity index (χ2n) is 6.98. The summed E-state index contributed by atoms with van der Waals surface area (Å²) in [6.45, 7) is 0. The number of imidazole rings is 1. The molecule has 4 rings (SSSR count). The number of carbonyl (C=O) groups excluding carboxylic acids is 1. The molecule has 0 atom stereocenters. The highest BCUT2D eigenvalue weighted by molar-refractivity contribution is 6.33. The molecular weight excluding hydrogens is 490 g/mol. The molecule has 0 spiro atoms. The topological polar surface area (TPSA) is 104 Å². The van der Waals surface area contributed by atoms with Crippen LogP contribution in [0.3, 0.4) is 0 Å². The normalized spacial score (nSPS) is 11.1. The molecule has 2 N–H and O–H groups in total. The third-order valence-electron chi connectivity index (χ3n) is 4.63. The molecule has 0 radical (unpaired) electrons. The number of benzene rings is 2. The van der Waals surface area contributed by atoms with Gasteiger partial charge in [0.25, 0.3) is 5.91 Å². The fourth-order valence-corrected chi connectivity index (χ4v) is 3.40. The summed E-state index contributed by atoms with van der Waals surface area (Å²) < 4.78 is 55.3. The molecule has 35 heavy (non-hydrogen) atoms. The molecule has 4 aromatic rings. The first-order valence-corrected chi connectivity index (χ1v) is 10.1. The number of rotatable bonds is 5. The number of aromatic amines is 1. The number of halogens is 5. The third-order valence-corrected chi connectivity index (χ3v) is 4.95. The van der Waals surface area contributed by atoms with E-state index < -0.39 is 23.8 Å². The zero-order chi connectivity index (χ0) is 25.2. The molecule has 1 amide bonds. The number of anilines is 1. The maximum Gasteiger partial charge on any atom is 0.573 e. The van der Waals surface area contributed by atoms with Crippen LogP contribution in [0.15, 0.2) is 60.8 Å². The van der Waals surface area contributed by atoms with Crippen LogP contribution in [0.4, 0.5) is 23.4 Å². The number of nitrogens with one attached hydrogen (secondary N) is 2. The van der Waals surface area contributed by atoms with Crippen molar-refractivity contribution in [2.75, 3.05) is 5.32 Å². The van der Waals surface area contributed by atoms with Gasteiger partial charge in [0.15, 0.2) is 5.69 Å². The SMILES string of the molecule is N#Cc1nc(-c2c(F)cccc2Cl)[nH]c1-c1ccc(NC(=O)c2cccc(OC(F)(F)F)c2)nc1. The molecule has 0 saturated heterocycles. The van der Waals surface area contributed by atoms with Gasteiger partial charge in [0.05, 0.1) is 16.3 Å². The quantitative estimate of drug-likeness (QED) is 0.329. The smallest absolute Gasteiger partial charge is 0.406 e. The Morgan fingerprint density at radius 1 is 1.14 bits per heavy atom. The minimum atomic E-state index is -4.89. The van der Waals surface area contributed by atoms with Crippen molar-refractivity contribution in [3.8, 4) is 34.5 Å². The Balaban J connectivity index is 1.55. The van der Waals surface area contributed by atoms with E-state index in [2.05, 4.69) is 25.0 Å². The Morgan fingerprint density at radius 2 is 1.91 bits per heavy atom. The van der Waals surface area contributed by atoms with E-state index in [0.29, 0.717) is 5.56 Å². The zero-order valence-corrected chi connectivity index (χ0v) is 18.1. The van der Waals surface area contributed by atoms with Crippen molar-refractivity contribution in [2.45, 2.75) is 6.36 Å². The van der Waals surface area contributed by atoms with Crippen LogP contribution in [0.2, 0.25) is 5.02 Å². The van der Waals surface area contributed by atoms with Crippen molar-refractivity contribution in [1.82, 2.24) is 15.0 Å². The number of hydrogen-bond donors (Lipinski definition) is 2. The average molecular weight is 502 g/mol. The fourth-order valence-electron chi connectivity index (χ4n) is 3.14. The predicted octanol–water partition coefficient (Wildman–Crippen LogP) is 5.95. The predicted molar refractivity (Wildman–Crippen MR) is 118 cm³/mol. The van der Waals surface area contributed by atoms with Crippen LogP contribution in [0.1, 0.15) is 16.1 Å². The van der Waals surface area contributed by atoms with E-state index in [1.807, 2.05) is 6.07 Å². The van der Waals surface area contributed by atoms with Crippen molar-refractivity contribution in [3.05, 3.63) is 82.9 Å². The van der Waals surface area contributed by atoms with Crippen molar-refractivity contribution in [3.63, 3.8) is 0 Å². The lowest BCUT2D eigenvalue weighted by Crippen LogP contribution is -2.18.